The van der Waals surface area contributed by atoms with Crippen LogP contribution in [-0.4, -0.2) is 30.1 Å². The Hall–Kier alpha value is -2.55. The number of amides is 1. The van der Waals surface area contributed by atoms with Crippen molar-refractivity contribution < 1.29 is 19.4 Å². The largest absolute Gasteiger partial charge is 0.494 e. The van der Waals surface area contributed by atoms with Gasteiger partial charge in [0.05, 0.1) is 18.6 Å². The van der Waals surface area contributed by atoms with E-state index in [1.165, 1.54) is 0 Å². The summed E-state index contributed by atoms with van der Waals surface area (Å²) in [4.78, 5) is 23.9. The molecule has 0 saturated heterocycles. The lowest BCUT2D eigenvalue weighted by atomic mass is 9.86. The minimum absolute atomic E-state index is 0.0187. The number of carbonyl (C=O) groups excluding carboxylic acids is 1. The summed E-state index contributed by atoms with van der Waals surface area (Å²) in [5, 5.41) is 21.4. The Morgan fingerprint density at radius 1 is 1.32 bits per heavy atom. The van der Waals surface area contributed by atoms with Crippen LogP contribution in [0.4, 0.5) is 0 Å². The summed E-state index contributed by atoms with van der Waals surface area (Å²) < 4.78 is 5.37. The molecule has 0 aromatic heterocycles. The quantitative estimate of drug-likeness (QED) is 0.755. The molecule has 2 N–H and O–H groups in total. The Morgan fingerprint density at radius 3 is 2.48 bits per heavy atom. The zero-order valence-electron chi connectivity index (χ0n) is 14.5. The van der Waals surface area contributed by atoms with Crippen molar-refractivity contribution in [2.45, 2.75) is 39.0 Å². The SMILES string of the molecule is CCOc1ccc(CC(CNC(=O)C2(C#N)CCCC2)C(=O)O)cc1. The third-order valence-electron chi connectivity index (χ3n) is 4.68. The smallest absolute Gasteiger partial charge is 0.308 e. The number of nitrogens with zero attached hydrogens (tertiary/aromatic N) is 1. The molecule has 1 atom stereocenters. The van der Waals surface area contributed by atoms with Gasteiger partial charge < -0.3 is 15.2 Å². The second-order valence-electron chi connectivity index (χ2n) is 6.43. The maximum absolute atomic E-state index is 12.4. The molecule has 134 valence electrons. The first-order valence-corrected chi connectivity index (χ1v) is 8.65. The fourth-order valence-corrected chi connectivity index (χ4v) is 3.17. The van der Waals surface area contributed by atoms with Crippen LogP contribution < -0.4 is 10.1 Å². The van der Waals surface area contributed by atoms with Crippen molar-refractivity contribution in [1.29, 1.82) is 5.26 Å². The van der Waals surface area contributed by atoms with Crippen LogP contribution in [0, 0.1) is 22.7 Å². The lowest BCUT2D eigenvalue weighted by Crippen LogP contribution is -2.42. The first-order chi connectivity index (χ1) is 12.0. The molecule has 1 amide bonds. The van der Waals surface area contributed by atoms with Gasteiger partial charge in [0.1, 0.15) is 11.2 Å². The van der Waals surface area contributed by atoms with Crippen LogP contribution in [0.1, 0.15) is 38.2 Å². The number of carboxylic acids is 1. The van der Waals surface area contributed by atoms with Crippen LogP contribution in [0.5, 0.6) is 5.75 Å². The summed E-state index contributed by atoms with van der Waals surface area (Å²) in [6.45, 7) is 2.49. The molecule has 1 unspecified atom stereocenters. The van der Waals surface area contributed by atoms with Crippen molar-refractivity contribution >= 4 is 11.9 Å². The van der Waals surface area contributed by atoms with E-state index in [0.717, 1.165) is 24.2 Å². The van der Waals surface area contributed by atoms with Crippen molar-refractivity contribution in [3.8, 4) is 11.8 Å². The molecule has 1 saturated carbocycles. The molecule has 2 rings (SSSR count). The molecule has 1 aliphatic rings. The van der Waals surface area contributed by atoms with Crippen LogP contribution >= 0.6 is 0 Å². The van der Waals surface area contributed by atoms with Crippen LogP contribution in [-0.2, 0) is 16.0 Å². The number of hydrogen-bond acceptors (Lipinski definition) is 4. The molecule has 6 heteroatoms. The van der Waals surface area contributed by atoms with Crippen molar-refractivity contribution in [3.05, 3.63) is 29.8 Å². The molecule has 1 aromatic carbocycles. The summed E-state index contributed by atoms with van der Waals surface area (Å²) >= 11 is 0. The van der Waals surface area contributed by atoms with Crippen LogP contribution in [0.2, 0.25) is 0 Å². The lowest BCUT2D eigenvalue weighted by molar-refractivity contribution is -0.141. The second kappa shape index (κ2) is 8.52. The normalized spacial score (nSPS) is 16.6. The molecule has 1 fully saturated rings. The predicted molar refractivity (Wildman–Crippen MR) is 92.0 cm³/mol. The average Bonchev–Trinajstić information content (AvgIpc) is 3.10. The Morgan fingerprint density at radius 2 is 1.96 bits per heavy atom. The highest BCUT2D eigenvalue weighted by atomic mass is 16.5. The Kier molecular flexibility index (Phi) is 6.40. The van der Waals surface area contributed by atoms with Crippen molar-refractivity contribution in [2.75, 3.05) is 13.2 Å². The zero-order valence-corrected chi connectivity index (χ0v) is 14.5. The van der Waals surface area contributed by atoms with Gasteiger partial charge in [0.2, 0.25) is 5.91 Å². The number of benzene rings is 1. The van der Waals surface area contributed by atoms with Crippen LogP contribution in [0.25, 0.3) is 0 Å². The first-order valence-electron chi connectivity index (χ1n) is 8.65. The van der Waals surface area contributed by atoms with Crippen LogP contribution in [0.3, 0.4) is 0 Å². The Bertz CT molecular complexity index is 642. The molecular weight excluding hydrogens is 320 g/mol. The van der Waals surface area contributed by atoms with Gasteiger partial charge in [0.25, 0.3) is 0 Å². The highest BCUT2D eigenvalue weighted by Gasteiger charge is 2.41. The highest BCUT2D eigenvalue weighted by molar-refractivity contribution is 5.86. The zero-order chi connectivity index (χ0) is 18.3. The number of ether oxygens (including phenoxy) is 1. The van der Waals surface area contributed by atoms with Gasteiger partial charge in [-0.05, 0) is 43.9 Å². The molecule has 0 spiro atoms. The van der Waals surface area contributed by atoms with Crippen molar-refractivity contribution in [2.24, 2.45) is 11.3 Å². The standard InChI is InChI=1S/C19H24N2O4/c1-2-25-16-7-5-14(6-8-16)11-15(17(22)23)12-21-18(24)19(13-20)9-3-4-10-19/h5-8,15H,2-4,9-12H2,1H3,(H,21,24)(H,22,23). The number of nitrogens with one attached hydrogen (secondary N) is 1. The fourth-order valence-electron chi connectivity index (χ4n) is 3.17. The predicted octanol–water partition coefficient (Wildman–Crippen LogP) is 2.53. The lowest BCUT2D eigenvalue weighted by Gasteiger charge is -2.21. The highest BCUT2D eigenvalue weighted by Crippen LogP contribution is 2.37. The maximum atomic E-state index is 12.4. The van der Waals surface area contributed by atoms with Gasteiger partial charge in [0.15, 0.2) is 0 Å². The monoisotopic (exact) mass is 344 g/mol. The average molecular weight is 344 g/mol. The summed E-state index contributed by atoms with van der Waals surface area (Å²) in [6.07, 6.45) is 3.12. The molecule has 1 aromatic rings. The van der Waals surface area contributed by atoms with E-state index in [2.05, 4.69) is 11.4 Å². The number of carboxylic acid groups (broad SMARTS) is 1. The summed E-state index contributed by atoms with van der Waals surface area (Å²) in [6, 6.07) is 9.39. The van der Waals surface area contributed by atoms with E-state index in [4.69, 9.17) is 4.74 Å². The molecule has 0 heterocycles. The summed E-state index contributed by atoms with van der Waals surface area (Å²) in [5.41, 5.74) is -0.122. The van der Waals surface area contributed by atoms with Gasteiger partial charge in [-0.2, -0.15) is 5.26 Å². The number of carbonyl (C=O) groups is 2. The van der Waals surface area contributed by atoms with Crippen molar-refractivity contribution in [1.82, 2.24) is 5.32 Å². The molecule has 0 radical (unpaired) electrons. The third kappa shape index (κ3) is 4.72. The van der Waals surface area contributed by atoms with E-state index in [1.807, 2.05) is 19.1 Å². The molecule has 0 bridgehead atoms. The van der Waals surface area contributed by atoms with Gasteiger partial charge >= 0.3 is 5.97 Å². The van der Waals surface area contributed by atoms with E-state index < -0.39 is 17.3 Å². The maximum Gasteiger partial charge on any atom is 0.308 e. The van der Waals surface area contributed by atoms with E-state index in [9.17, 15) is 20.0 Å². The summed E-state index contributed by atoms with van der Waals surface area (Å²) in [7, 11) is 0. The third-order valence-corrected chi connectivity index (χ3v) is 4.68. The fraction of sp³-hybridized carbons (Fsp3) is 0.526. The van der Waals surface area contributed by atoms with Gasteiger partial charge in [-0.15, -0.1) is 0 Å². The molecular formula is C19H24N2O4. The van der Waals surface area contributed by atoms with Gasteiger partial charge in [-0.3, -0.25) is 9.59 Å². The van der Waals surface area contributed by atoms with E-state index in [1.54, 1.807) is 12.1 Å². The minimum Gasteiger partial charge on any atom is -0.494 e. The van der Waals surface area contributed by atoms with Gasteiger partial charge in [0, 0.05) is 6.54 Å². The molecule has 1 aliphatic carbocycles. The van der Waals surface area contributed by atoms with Gasteiger partial charge in [-0.1, -0.05) is 25.0 Å². The number of rotatable bonds is 8. The van der Waals surface area contributed by atoms with Crippen LogP contribution in [0.15, 0.2) is 24.3 Å². The number of nitriles is 1. The summed E-state index contributed by atoms with van der Waals surface area (Å²) in [5.74, 6) is -1.31. The molecule has 25 heavy (non-hydrogen) atoms. The van der Waals surface area contributed by atoms with E-state index in [0.29, 0.717) is 25.9 Å². The van der Waals surface area contributed by atoms with Crippen molar-refractivity contribution in [3.63, 3.8) is 0 Å². The Labute approximate surface area is 147 Å². The molecule has 0 aliphatic heterocycles. The van der Waals surface area contributed by atoms with E-state index >= 15 is 0 Å². The topological polar surface area (TPSA) is 99.4 Å². The first kappa shape index (κ1) is 18.8. The number of aliphatic carboxylic acids is 1. The minimum atomic E-state index is -0.984. The molecule has 6 nitrogen and oxygen atoms in total. The number of hydrogen-bond donors (Lipinski definition) is 2. The van der Waals surface area contributed by atoms with E-state index in [-0.39, 0.29) is 12.5 Å². The second-order valence-corrected chi connectivity index (χ2v) is 6.43. The Balaban J connectivity index is 1.95. The van der Waals surface area contributed by atoms with Gasteiger partial charge in [-0.25, -0.2) is 0 Å².